The molecule has 1 aliphatic carbocycles. The molecule has 16 heavy (non-hydrogen) atoms. The van der Waals surface area contributed by atoms with E-state index in [1.165, 1.54) is 0 Å². The first-order valence-electron chi connectivity index (χ1n) is 6.12. The second kappa shape index (κ2) is 6.49. The van der Waals surface area contributed by atoms with Crippen LogP contribution in [0.2, 0.25) is 0 Å². The summed E-state index contributed by atoms with van der Waals surface area (Å²) in [4.78, 5) is 14.1. The largest absolute Gasteiger partial charge is 0.338 e. The van der Waals surface area contributed by atoms with Crippen molar-refractivity contribution in [2.24, 2.45) is 11.7 Å². The summed E-state index contributed by atoms with van der Waals surface area (Å²) >= 11 is 0. The number of rotatable bonds is 7. The molecule has 1 aliphatic rings. The Kier molecular flexibility index (Phi) is 5.27. The first-order chi connectivity index (χ1) is 7.74. The van der Waals surface area contributed by atoms with E-state index in [1.807, 2.05) is 4.90 Å². The van der Waals surface area contributed by atoms with Gasteiger partial charge in [0.15, 0.2) is 0 Å². The van der Waals surface area contributed by atoms with Crippen LogP contribution < -0.4 is 5.73 Å². The Hall–Kier alpha value is -1.08. The number of nitrogens with two attached hydrogens (primary N) is 1. The fraction of sp³-hybridized carbons (Fsp3) is 0.833. The van der Waals surface area contributed by atoms with Crippen molar-refractivity contribution < 1.29 is 4.79 Å². The zero-order valence-electron chi connectivity index (χ0n) is 9.98. The van der Waals surface area contributed by atoms with Gasteiger partial charge in [0.2, 0.25) is 5.91 Å². The molecule has 1 unspecified atom stereocenters. The van der Waals surface area contributed by atoms with Crippen molar-refractivity contribution in [1.82, 2.24) is 4.90 Å². The minimum Gasteiger partial charge on any atom is -0.338 e. The van der Waals surface area contributed by atoms with E-state index < -0.39 is 0 Å². The van der Waals surface area contributed by atoms with E-state index in [4.69, 9.17) is 11.0 Å². The maximum Gasteiger partial charge on any atom is 0.227 e. The van der Waals surface area contributed by atoms with E-state index in [9.17, 15) is 4.79 Å². The second-order valence-corrected chi connectivity index (χ2v) is 4.39. The van der Waals surface area contributed by atoms with Crippen LogP contribution in [-0.2, 0) is 4.79 Å². The maximum atomic E-state index is 12.2. The van der Waals surface area contributed by atoms with Crippen LogP contribution in [0.15, 0.2) is 0 Å². The third kappa shape index (κ3) is 3.49. The third-order valence-corrected chi connectivity index (χ3v) is 3.01. The Morgan fingerprint density at radius 2 is 2.31 bits per heavy atom. The molecule has 0 bridgehead atoms. The highest BCUT2D eigenvalue weighted by Crippen LogP contribution is 2.28. The normalized spacial score (nSPS) is 16.6. The van der Waals surface area contributed by atoms with Gasteiger partial charge in [0.05, 0.1) is 18.4 Å². The molecule has 0 spiro atoms. The Morgan fingerprint density at radius 3 is 2.75 bits per heavy atom. The van der Waals surface area contributed by atoms with Gasteiger partial charge in [-0.1, -0.05) is 13.3 Å². The molecule has 0 aliphatic heterocycles. The zero-order valence-corrected chi connectivity index (χ0v) is 9.98. The average Bonchev–Trinajstić information content (AvgIpc) is 3.10. The molecular weight excluding hydrogens is 202 g/mol. The number of carbonyl (C=O) groups is 1. The molecule has 0 radical (unpaired) electrons. The lowest BCUT2D eigenvalue weighted by molar-refractivity contribution is -0.136. The van der Waals surface area contributed by atoms with Gasteiger partial charge in [0, 0.05) is 19.1 Å². The number of nitrogens with zero attached hydrogens (tertiary/aromatic N) is 2. The van der Waals surface area contributed by atoms with Gasteiger partial charge in [0.1, 0.15) is 0 Å². The van der Waals surface area contributed by atoms with Crippen molar-refractivity contribution in [3.63, 3.8) is 0 Å². The number of nitriles is 1. The molecule has 1 saturated carbocycles. The van der Waals surface area contributed by atoms with E-state index in [0.717, 1.165) is 25.7 Å². The lowest BCUT2D eigenvalue weighted by Crippen LogP contribution is -2.41. The van der Waals surface area contributed by atoms with Crippen LogP contribution in [0.25, 0.3) is 0 Å². The van der Waals surface area contributed by atoms with Crippen LogP contribution in [-0.4, -0.2) is 29.9 Å². The summed E-state index contributed by atoms with van der Waals surface area (Å²) in [6, 6.07) is 2.48. The fourth-order valence-corrected chi connectivity index (χ4v) is 1.95. The van der Waals surface area contributed by atoms with E-state index in [2.05, 4.69) is 13.0 Å². The maximum absolute atomic E-state index is 12.2. The number of hydrogen-bond donors (Lipinski definition) is 1. The van der Waals surface area contributed by atoms with Crippen LogP contribution in [0.1, 0.15) is 39.0 Å². The van der Waals surface area contributed by atoms with Crippen LogP contribution in [0.3, 0.4) is 0 Å². The fourth-order valence-electron chi connectivity index (χ4n) is 1.95. The minimum atomic E-state index is -0.0516. The first kappa shape index (κ1) is 13.0. The van der Waals surface area contributed by atoms with E-state index in [0.29, 0.717) is 25.6 Å². The summed E-state index contributed by atoms with van der Waals surface area (Å²) in [6.45, 7) is 3.05. The molecule has 0 aromatic heterocycles. The summed E-state index contributed by atoms with van der Waals surface area (Å²) in [5.41, 5.74) is 5.63. The van der Waals surface area contributed by atoms with Crippen LogP contribution in [0.4, 0.5) is 0 Å². The minimum absolute atomic E-state index is 0.0516. The van der Waals surface area contributed by atoms with Crippen LogP contribution in [0.5, 0.6) is 0 Å². The molecule has 0 saturated heterocycles. The van der Waals surface area contributed by atoms with Crippen molar-refractivity contribution in [2.45, 2.75) is 45.1 Å². The predicted molar refractivity (Wildman–Crippen MR) is 62.4 cm³/mol. The quantitative estimate of drug-likeness (QED) is 0.706. The number of hydrogen-bond acceptors (Lipinski definition) is 3. The molecule has 1 rings (SSSR count). The van der Waals surface area contributed by atoms with Gasteiger partial charge in [-0.2, -0.15) is 5.26 Å². The molecule has 0 heterocycles. The van der Waals surface area contributed by atoms with Gasteiger partial charge in [-0.05, 0) is 19.3 Å². The molecular formula is C12H21N3O. The number of amides is 1. The number of carbonyl (C=O) groups excluding carboxylic acids is 1. The summed E-state index contributed by atoms with van der Waals surface area (Å²) in [5.74, 6) is 0.103. The Labute approximate surface area is 97.4 Å². The molecule has 0 aromatic rings. The Morgan fingerprint density at radius 1 is 1.62 bits per heavy atom. The van der Waals surface area contributed by atoms with Crippen molar-refractivity contribution in [3.8, 4) is 6.07 Å². The van der Waals surface area contributed by atoms with E-state index in [-0.39, 0.29) is 11.8 Å². The highest BCUT2D eigenvalue weighted by atomic mass is 16.2. The van der Waals surface area contributed by atoms with Gasteiger partial charge in [-0.3, -0.25) is 4.79 Å². The highest BCUT2D eigenvalue weighted by molar-refractivity contribution is 5.79. The van der Waals surface area contributed by atoms with E-state index >= 15 is 0 Å². The summed E-state index contributed by atoms with van der Waals surface area (Å²) in [5, 5.41) is 8.59. The molecule has 2 N–H and O–H groups in total. The Balaban J connectivity index is 2.54. The predicted octanol–water partition coefficient (Wildman–Crippen LogP) is 1.27. The van der Waals surface area contributed by atoms with Gasteiger partial charge in [0.25, 0.3) is 0 Å². The van der Waals surface area contributed by atoms with Crippen LogP contribution >= 0.6 is 0 Å². The van der Waals surface area contributed by atoms with E-state index in [1.54, 1.807) is 0 Å². The first-order valence-corrected chi connectivity index (χ1v) is 6.12. The standard InChI is InChI=1S/C12H21N3O/c1-2-4-10(9-14)12(16)15(8-3-7-13)11-5-6-11/h10-11H,2-6,8-9,14H2,1H3. The lowest BCUT2D eigenvalue weighted by Gasteiger charge is -2.25. The summed E-state index contributed by atoms with van der Waals surface area (Å²) in [7, 11) is 0. The van der Waals surface area contributed by atoms with Crippen LogP contribution in [0, 0.1) is 17.2 Å². The Bertz CT molecular complexity index is 268. The van der Waals surface area contributed by atoms with Gasteiger partial charge in [-0.15, -0.1) is 0 Å². The highest BCUT2D eigenvalue weighted by Gasteiger charge is 2.34. The van der Waals surface area contributed by atoms with Gasteiger partial charge >= 0.3 is 0 Å². The topological polar surface area (TPSA) is 70.1 Å². The zero-order chi connectivity index (χ0) is 12.0. The summed E-state index contributed by atoms with van der Waals surface area (Å²) in [6.07, 6.45) is 4.42. The molecule has 90 valence electrons. The lowest BCUT2D eigenvalue weighted by atomic mass is 10.0. The smallest absolute Gasteiger partial charge is 0.227 e. The monoisotopic (exact) mass is 223 g/mol. The molecule has 4 nitrogen and oxygen atoms in total. The van der Waals surface area contributed by atoms with Crippen molar-refractivity contribution >= 4 is 5.91 Å². The average molecular weight is 223 g/mol. The molecule has 4 heteroatoms. The molecule has 1 fully saturated rings. The van der Waals surface area contributed by atoms with Crippen molar-refractivity contribution in [3.05, 3.63) is 0 Å². The third-order valence-electron chi connectivity index (χ3n) is 3.01. The van der Waals surface area contributed by atoms with Crippen molar-refractivity contribution in [1.29, 1.82) is 5.26 Å². The van der Waals surface area contributed by atoms with Crippen molar-refractivity contribution in [2.75, 3.05) is 13.1 Å². The van der Waals surface area contributed by atoms with Gasteiger partial charge < -0.3 is 10.6 Å². The SMILES string of the molecule is CCCC(CN)C(=O)N(CCC#N)C1CC1. The second-order valence-electron chi connectivity index (χ2n) is 4.39. The summed E-state index contributed by atoms with van der Waals surface area (Å²) < 4.78 is 0. The molecule has 1 amide bonds. The molecule has 1 atom stereocenters. The molecule has 0 aromatic carbocycles. The van der Waals surface area contributed by atoms with Gasteiger partial charge in [-0.25, -0.2) is 0 Å².